The Morgan fingerprint density at radius 1 is 0.869 bits per heavy atom. The van der Waals surface area contributed by atoms with Gasteiger partial charge in [0.15, 0.2) is 0 Å². The number of aryl methyl sites for hydroxylation is 1. The second-order valence-electron chi connectivity index (χ2n) is 14.8. The van der Waals surface area contributed by atoms with Crippen molar-refractivity contribution in [2.75, 3.05) is 46.6 Å². The number of rotatable bonds is 31. The number of imidazole rings is 1. The molecule has 0 aliphatic heterocycles. The number of ether oxygens (including phenoxy) is 2. The van der Waals surface area contributed by atoms with Gasteiger partial charge >= 0.3 is 7.82 Å². The number of aliphatic hydroxyl groups excluding tert-OH is 1. The van der Waals surface area contributed by atoms with Crippen LogP contribution in [0.2, 0.25) is 0 Å². The number of carbonyl (C=O) groups is 6. The van der Waals surface area contributed by atoms with Crippen LogP contribution in [0.4, 0.5) is 0 Å². The van der Waals surface area contributed by atoms with Crippen LogP contribution in [-0.2, 0) is 60.2 Å². The number of nitrogens with two attached hydrogens (primary N) is 1. The first-order valence-corrected chi connectivity index (χ1v) is 21.7. The quantitative estimate of drug-likeness (QED) is 0.0344. The molecule has 10 N–H and O–H groups in total. The number of hydrogen-bond donors (Lipinski definition) is 9. The second kappa shape index (κ2) is 28.0. The molecule has 0 spiro atoms. The van der Waals surface area contributed by atoms with E-state index in [0.717, 1.165) is 32.6 Å². The number of methoxy groups -OCH3 is 1. The zero-order chi connectivity index (χ0) is 45.4. The molecule has 2 aromatic rings. The van der Waals surface area contributed by atoms with E-state index in [1.807, 2.05) is 32.0 Å². The van der Waals surface area contributed by atoms with Crippen LogP contribution in [0.3, 0.4) is 0 Å². The van der Waals surface area contributed by atoms with Crippen LogP contribution < -0.4 is 27.0 Å². The summed E-state index contributed by atoms with van der Waals surface area (Å²) in [7, 11) is -3.57. The Hall–Kier alpha value is -4.76. The van der Waals surface area contributed by atoms with E-state index < -0.39 is 74.2 Å². The maximum atomic E-state index is 13.9. The van der Waals surface area contributed by atoms with E-state index in [9.17, 15) is 38.4 Å². The molecule has 0 fully saturated rings. The van der Waals surface area contributed by atoms with Gasteiger partial charge in [-0.3, -0.25) is 33.3 Å². The van der Waals surface area contributed by atoms with Crippen molar-refractivity contribution in [2.24, 2.45) is 11.7 Å². The van der Waals surface area contributed by atoms with Crippen molar-refractivity contribution >= 4 is 43.3 Å². The number of hydrogen-bond acceptors (Lipinski definition) is 12. The lowest BCUT2D eigenvalue weighted by Crippen LogP contribution is -2.61. The molecular formula is C39H63N8O13P. The summed E-state index contributed by atoms with van der Waals surface area (Å²) >= 11 is 0. The predicted molar refractivity (Wildman–Crippen MR) is 221 cm³/mol. The summed E-state index contributed by atoms with van der Waals surface area (Å²) in [5.74, 6) is -4.91. The molecule has 6 amide bonds. The van der Waals surface area contributed by atoms with Crippen LogP contribution in [0.1, 0.15) is 70.7 Å². The molecule has 0 radical (unpaired) electrons. The number of unbranched alkanes of at least 4 members (excludes halogenated alkanes) is 3. The summed E-state index contributed by atoms with van der Waals surface area (Å²) in [6.07, 6.45) is 5.51. The Morgan fingerprint density at radius 2 is 1.52 bits per heavy atom. The van der Waals surface area contributed by atoms with Gasteiger partial charge in [0.1, 0.15) is 30.0 Å². The first-order valence-electron chi connectivity index (χ1n) is 20.1. The number of amides is 6. The Labute approximate surface area is 355 Å². The minimum Gasteiger partial charge on any atom is -0.394 e. The van der Waals surface area contributed by atoms with Gasteiger partial charge in [0.25, 0.3) is 0 Å². The number of aromatic nitrogens is 2. The van der Waals surface area contributed by atoms with Crippen LogP contribution in [0.25, 0.3) is 0 Å². The van der Waals surface area contributed by atoms with Crippen LogP contribution >= 0.6 is 7.82 Å². The fourth-order valence-corrected chi connectivity index (χ4v) is 6.66. The minimum atomic E-state index is -5.11. The number of primary amides is 1. The first kappa shape index (κ1) is 52.4. The van der Waals surface area contributed by atoms with Gasteiger partial charge in [0.2, 0.25) is 35.4 Å². The van der Waals surface area contributed by atoms with E-state index in [0.29, 0.717) is 26.2 Å². The fourth-order valence-electron chi connectivity index (χ4n) is 6.10. The molecule has 1 heterocycles. The summed E-state index contributed by atoms with van der Waals surface area (Å²) < 4.78 is 26.2. The number of benzene rings is 1. The molecule has 0 aliphatic rings. The number of aliphatic hydroxyl groups is 1. The smallest absolute Gasteiger partial charge is 0.394 e. The van der Waals surface area contributed by atoms with Crippen molar-refractivity contribution in [3.63, 3.8) is 0 Å². The summed E-state index contributed by atoms with van der Waals surface area (Å²) in [6, 6.07) is 3.99. The van der Waals surface area contributed by atoms with Crippen molar-refractivity contribution in [2.45, 2.75) is 102 Å². The molecule has 0 saturated carbocycles. The SMILES string of the molecule is COCCOCCC(=O)N(CCCCCCc1ccccc1)CC(=O)N[C@@H](CC(C)C)C(=O)N[C@@H](Cc1ncc[nH]1)C(=O)N[C@@H](CO)C(=O)N[C@H](C(N)=O)[C@@H](C)OP(=O)(O)O. The van der Waals surface area contributed by atoms with E-state index in [1.54, 1.807) is 0 Å². The number of phosphoric ester groups is 1. The third kappa shape index (κ3) is 21.5. The third-order valence-corrected chi connectivity index (χ3v) is 9.81. The van der Waals surface area contributed by atoms with E-state index >= 15 is 0 Å². The maximum absolute atomic E-state index is 13.9. The molecule has 22 heteroatoms. The summed E-state index contributed by atoms with van der Waals surface area (Å²) in [6.45, 7) is 4.47. The number of carbonyl (C=O) groups excluding carboxylic acids is 6. The van der Waals surface area contributed by atoms with Crippen molar-refractivity contribution in [1.29, 1.82) is 0 Å². The Bertz CT molecular complexity index is 1700. The van der Waals surface area contributed by atoms with Crippen LogP contribution in [0.15, 0.2) is 42.7 Å². The zero-order valence-electron chi connectivity index (χ0n) is 35.2. The molecule has 0 saturated heterocycles. The van der Waals surface area contributed by atoms with Crippen molar-refractivity contribution in [3.8, 4) is 0 Å². The lowest BCUT2D eigenvalue weighted by Gasteiger charge is -2.27. The second-order valence-corrected chi connectivity index (χ2v) is 16.0. The number of nitrogens with one attached hydrogen (secondary N) is 5. The number of nitrogens with zero attached hydrogens (tertiary/aromatic N) is 2. The van der Waals surface area contributed by atoms with Gasteiger partial charge in [-0.1, -0.05) is 57.0 Å². The predicted octanol–water partition coefficient (Wildman–Crippen LogP) is -0.402. The van der Waals surface area contributed by atoms with E-state index in [-0.39, 0.29) is 50.1 Å². The first-order chi connectivity index (χ1) is 28.9. The maximum Gasteiger partial charge on any atom is 0.469 e. The fraction of sp³-hybridized carbons (Fsp3) is 0.615. The molecule has 21 nitrogen and oxygen atoms in total. The summed E-state index contributed by atoms with van der Waals surface area (Å²) in [4.78, 5) is 106. The van der Waals surface area contributed by atoms with Crippen LogP contribution in [-0.4, -0.2) is 142 Å². The average molecular weight is 883 g/mol. The molecule has 0 bridgehead atoms. The monoisotopic (exact) mass is 882 g/mol. The zero-order valence-corrected chi connectivity index (χ0v) is 36.1. The molecule has 0 aliphatic carbocycles. The van der Waals surface area contributed by atoms with E-state index in [2.05, 4.69) is 47.9 Å². The highest BCUT2D eigenvalue weighted by molar-refractivity contribution is 7.46. The van der Waals surface area contributed by atoms with Gasteiger partial charge in [-0.05, 0) is 44.1 Å². The van der Waals surface area contributed by atoms with Crippen molar-refractivity contribution in [3.05, 3.63) is 54.1 Å². The molecule has 1 aromatic carbocycles. The highest BCUT2D eigenvalue weighted by atomic mass is 31.2. The molecule has 0 unspecified atom stereocenters. The lowest BCUT2D eigenvalue weighted by atomic mass is 10.0. The third-order valence-electron chi connectivity index (χ3n) is 9.20. The Kier molecular flexibility index (Phi) is 24.0. The van der Waals surface area contributed by atoms with E-state index in [1.165, 1.54) is 30.0 Å². The average Bonchev–Trinajstić information content (AvgIpc) is 3.71. The molecular weight excluding hydrogens is 819 g/mol. The summed E-state index contributed by atoms with van der Waals surface area (Å²) in [5, 5.41) is 19.7. The van der Waals surface area contributed by atoms with Crippen molar-refractivity contribution in [1.82, 2.24) is 36.1 Å². The van der Waals surface area contributed by atoms with E-state index in [4.69, 9.17) is 25.0 Å². The number of phosphoric acid groups is 1. The molecule has 61 heavy (non-hydrogen) atoms. The Balaban J connectivity index is 2.18. The summed E-state index contributed by atoms with van der Waals surface area (Å²) in [5.41, 5.74) is 6.55. The standard InChI is InChI=1S/C39H63N8O13P/c1-26(2)22-29(43-33(49)24-47(34(50)15-19-59-21-20-58-4)18-11-6-5-8-12-28-13-9-7-10-14-28)37(52)44-30(23-32-41-16-17-42-32)38(53)45-31(25-48)39(54)46-35(36(40)51)27(3)60-61(55,56)57/h7,9-10,13-14,16-17,26-27,29-31,35,48H,5-6,8,11-12,15,18-25H2,1-4H3,(H2,40,51)(H,41,42)(H,43,49)(H,44,52)(H,45,53)(H,46,54)(H2,55,56,57)/t27-,29+,30+,31+,35+/m1/s1. The molecule has 2 rings (SSSR count). The van der Waals surface area contributed by atoms with Crippen LogP contribution in [0, 0.1) is 5.92 Å². The van der Waals surface area contributed by atoms with Crippen molar-refractivity contribution < 1.29 is 62.2 Å². The number of aromatic amines is 1. The van der Waals surface area contributed by atoms with Gasteiger partial charge in [0, 0.05) is 32.5 Å². The van der Waals surface area contributed by atoms with Gasteiger partial charge in [-0.2, -0.15) is 0 Å². The highest BCUT2D eigenvalue weighted by Crippen LogP contribution is 2.38. The molecule has 5 atom stereocenters. The molecule has 1 aromatic heterocycles. The highest BCUT2D eigenvalue weighted by Gasteiger charge is 2.35. The number of H-pyrrole nitrogens is 1. The topological polar surface area (TPSA) is 314 Å². The Morgan fingerprint density at radius 3 is 2.13 bits per heavy atom. The molecule has 342 valence electrons. The minimum absolute atomic E-state index is 0.0285. The van der Waals surface area contributed by atoms with Crippen LogP contribution in [0.5, 0.6) is 0 Å². The van der Waals surface area contributed by atoms with Gasteiger partial charge in [-0.15, -0.1) is 0 Å². The van der Waals surface area contributed by atoms with Gasteiger partial charge < -0.3 is 61.3 Å². The van der Waals surface area contributed by atoms with Gasteiger partial charge in [-0.25, -0.2) is 9.55 Å². The largest absolute Gasteiger partial charge is 0.469 e. The lowest BCUT2D eigenvalue weighted by molar-refractivity contribution is -0.138. The normalized spacial score (nSPS) is 14.0. The van der Waals surface area contributed by atoms with Gasteiger partial charge in [0.05, 0.1) is 45.5 Å².